The number of likely N-dealkylation sites (N-methyl/N-ethyl adjacent to an activating group) is 1. The number of ether oxygens (including phenoxy) is 1. The van der Waals surface area contributed by atoms with Crippen molar-refractivity contribution in [2.45, 2.75) is 26.3 Å². The third-order valence-electron chi connectivity index (χ3n) is 6.16. The van der Waals surface area contributed by atoms with Crippen LogP contribution in [0.3, 0.4) is 0 Å². The summed E-state index contributed by atoms with van der Waals surface area (Å²) in [5.74, 6) is 0.432. The Labute approximate surface area is 178 Å². The lowest BCUT2D eigenvalue weighted by molar-refractivity contribution is -0.146. The minimum Gasteiger partial charge on any atom is -0.469 e. The number of benzene rings is 1. The van der Waals surface area contributed by atoms with Gasteiger partial charge in [0.05, 0.1) is 18.7 Å². The Bertz CT molecular complexity index is 741. The van der Waals surface area contributed by atoms with E-state index in [1.165, 1.54) is 7.11 Å². The number of hydrogen-bond donors (Lipinski definition) is 1. The van der Waals surface area contributed by atoms with Gasteiger partial charge in [-0.25, -0.2) is 4.39 Å². The van der Waals surface area contributed by atoms with Gasteiger partial charge in [0.1, 0.15) is 5.82 Å². The van der Waals surface area contributed by atoms with Gasteiger partial charge in [0.2, 0.25) is 0 Å². The number of guanidine groups is 1. The van der Waals surface area contributed by atoms with E-state index in [0.29, 0.717) is 12.2 Å². The number of anilines is 1. The Hall–Kier alpha value is -2.35. The average Bonchev–Trinajstić information content (AvgIpc) is 2.79. The molecule has 0 atom stereocenters. The summed E-state index contributed by atoms with van der Waals surface area (Å²) in [6.45, 7) is 8.87. The fourth-order valence-electron chi connectivity index (χ4n) is 4.23. The number of carbonyl (C=O) groups excluding carboxylic acids is 1. The summed E-state index contributed by atoms with van der Waals surface area (Å²) in [5, 5.41) is 3.33. The molecule has 3 rings (SSSR count). The van der Waals surface area contributed by atoms with Gasteiger partial charge in [0.15, 0.2) is 5.96 Å². The van der Waals surface area contributed by atoms with Gasteiger partial charge in [-0.2, -0.15) is 0 Å². The van der Waals surface area contributed by atoms with Crippen LogP contribution < -0.4 is 10.2 Å². The summed E-state index contributed by atoms with van der Waals surface area (Å²) < 4.78 is 19.6. The van der Waals surface area contributed by atoms with Gasteiger partial charge in [-0.1, -0.05) is 13.0 Å². The maximum atomic E-state index is 14.8. The van der Waals surface area contributed by atoms with Crippen LogP contribution in [0.1, 0.15) is 25.3 Å². The number of carbonyl (C=O) groups is 1. The number of methoxy groups -OCH3 is 1. The molecule has 1 aromatic rings. The first-order chi connectivity index (χ1) is 14.5. The van der Waals surface area contributed by atoms with E-state index in [2.05, 4.69) is 31.9 Å². The monoisotopic (exact) mass is 419 g/mol. The molecule has 1 aromatic carbocycles. The standard InChI is InChI=1S/C22H34FN5O2/c1-4-26-11-13-27(14-12-26)20-6-5-17(15-19(20)23)16-25-22(24-2)28-9-7-18(8-10-28)21(29)30-3/h5-6,15,18H,4,7-14,16H2,1-3H3,(H,24,25). The van der Waals surface area contributed by atoms with E-state index in [-0.39, 0.29) is 17.7 Å². The zero-order valence-corrected chi connectivity index (χ0v) is 18.4. The van der Waals surface area contributed by atoms with Crippen LogP contribution in [0.4, 0.5) is 10.1 Å². The molecular weight excluding hydrogens is 385 g/mol. The van der Waals surface area contributed by atoms with E-state index in [4.69, 9.17) is 4.74 Å². The number of hydrogen-bond acceptors (Lipinski definition) is 5. The summed E-state index contributed by atoms with van der Waals surface area (Å²) in [7, 11) is 3.18. The molecule has 0 unspecified atom stereocenters. The summed E-state index contributed by atoms with van der Waals surface area (Å²) in [6.07, 6.45) is 1.50. The van der Waals surface area contributed by atoms with Gasteiger partial charge in [0.25, 0.3) is 0 Å². The van der Waals surface area contributed by atoms with Gasteiger partial charge in [-0.05, 0) is 37.1 Å². The molecule has 0 amide bonds. The van der Waals surface area contributed by atoms with E-state index in [9.17, 15) is 9.18 Å². The highest BCUT2D eigenvalue weighted by molar-refractivity contribution is 5.80. The Morgan fingerprint density at radius 3 is 2.47 bits per heavy atom. The number of halogens is 1. The van der Waals surface area contributed by atoms with Gasteiger partial charge >= 0.3 is 5.97 Å². The smallest absolute Gasteiger partial charge is 0.308 e. The molecule has 2 saturated heterocycles. The Kier molecular flexibility index (Phi) is 7.90. The molecule has 166 valence electrons. The Morgan fingerprint density at radius 2 is 1.90 bits per heavy atom. The van der Waals surface area contributed by atoms with Gasteiger partial charge < -0.3 is 24.8 Å². The lowest BCUT2D eigenvalue weighted by Crippen LogP contribution is -2.46. The van der Waals surface area contributed by atoms with Crippen LogP contribution in [0.15, 0.2) is 23.2 Å². The van der Waals surface area contributed by atoms with Gasteiger partial charge in [-0.15, -0.1) is 0 Å². The van der Waals surface area contributed by atoms with Crippen molar-refractivity contribution in [1.82, 2.24) is 15.1 Å². The highest BCUT2D eigenvalue weighted by atomic mass is 19.1. The number of likely N-dealkylation sites (tertiary alicyclic amines) is 1. The molecular formula is C22H34FN5O2. The topological polar surface area (TPSA) is 60.4 Å². The first-order valence-corrected chi connectivity index (χ1v) is 10.8. The van der Waals surface area contributed by atoms with Crippen molar-refractivity contribution < 1.29 is 13.9 Å². The van der Waals surface area contributed by atoms with Gasteiger partial charge in [0, 0.05) is 52.9 Å². The summed E-state index contributed by atoms with van der Waals surface area (Å²) >= 11 is 0. The molecule has 2 aliphatic rings. The predicted octanol–water partition coefficient (Wildman–Crippen LogP) is 1.93. The zero-order chi connectivity index (χ0) is 21.5. The Morgan fingerprint density at radius 1 is 1.20 bits per heavy atom. The number of nitrogens with zero attached hydrogens (tertiary/aromatic N) is 4. The van der Waals surface area contributed by atoms with E-state index < -0.39 is 0 Å². The fourth-order valence-corrected chi connectivity index (χ4v) is 4.23. The molecule has 1 N–H and O–H groups in total. The maximum Gasteiger partial charge on any atom is 0.308 e. The number of piperidine rings is 1. The highest BCUT2D eigenvalue weighted by Gasteiger charge is 2.27. The normalized spacial score (nSPS) is 19.1. The van der Waals surface area contributed by atoms with E-state index in [0.717, 1.165) is 70.2 Å². The first kappa shape index (κ1) is 22.3. The molecule has 0 spiro atoms. The van der Waals surface area contributed by atoms with Crippen molar-refractivity contribution in [3.8, 4) is 0 Å². The second-order valence-corrected chi connectivity index (χ2v) is 7.89. The van der Waals surface area contributed by atoms with Crippen molar-refractivity contribution in [1.29, 1.82) is 0 Å². The van der Waals surface area contributed by atoms with Crippen molar-refractivity contribution in [3.05, 3.63) is 29.6 Å². The SMILES string of the molecule is CCN1CCN(c2ccc(CNC(=NC)N3CCC(C(=O)OC)CC3)cc2F)CC1. The first-order valence-electron chi connectivity index (χ1n) is 10.8. The minimum atomic E-state index is -0.173. The number of rotatable bonds is 5. The fraction of sp³-hybridized carbons (Fsp3) is 0.636. The predicted molar refractivity (Wildman–Crippen MR) is 117 cm³/mol. The summed E-state index contributed by atoms with van der Waals surface area (Å²) in [5.41, 5.74) is 1.57. The molecule has 30 heavy (non-hydrogen) atoms. The highest BCUT2D eigenvalue weighted by Crippen LogP contribution is 2.22. The molecule has 2 fully saturated rings. The molecule has 0 saturated carbocycles. The molecule has 8 heteroatoms. The van der Waals surface area contributed by atoms with Crippen LogP contribution in [0.2, 0.25) is 0 Å². The number of piperazine rings is 1. The molecule has 0 bridgehead atoms. The van der Waals surface area contributed by atoms with Crippen LogP contribution in [-0.4, -0.2) is 81.7 Å². The van der Waals surface area contributed by atoms with Crippen LogP contribution in [0.5, 0.6) is 0 Å². The zero-order valence-electron chi connectivity index (χ0n) is 18.4. The lowest BCUT2D eigenvalue weighted by atomic mass is 9.97. The van der Waals surface area contributed by atoms with Crippen molar-refractivity contribution >= 4 is 17.6 Å². The van der Waals surface area contributed by atoms with Crippen LogP contribution in [-0.2, 0) is 16.1 Å². The number of nitrogens with one attached hydrogen (secondary N) is 1. The summed E-state index contributed by atoms with van der Waals surface area (Å²) in [4.78, 5) is 22.7. The largest absolute Gasteiger partial charge is 0.469 e. The van der Waals surface area contributed by atoms with Crippen LogP contribution in [0, 0.1) is 11.7 Å². The molecule has 0 aromatic heterocycles. The molecule has 0 aliphatic carbocycles. The van der Waals surface area contributed by atoms with E-state index in [1.807, 2.05) is 12.1 Å². The molecule has 0 radical (unpaired) electrons. The van der Waals surface area contributed by atoms with Gasteiger partial charge in [-0.3, -0.25) is 9.79 Å². The third kappa shape index (κ3) is 5.41. The second-order valence-electron chi connectivity index (χ2n) is 7.89. The maximum absolute atomic E-state index is 14.8. The van der Waals surface area contributed by atoms with E-state index in [1.54, 1.807) is 13.1 Å². The van der Waals surface area contributed by atoms with Crippen molar-refractivity contribution in [2.75, 3.05) is 64.9 Å². The number of esters is 1. The quantitative estimate of drug-likeness (QED) is 0.447. The molecule has 2 aliphatic heterocycles. The Balaban J connectivity index is 1.53. The van der Waals surface area contributed by atoms with Crippen molar-refractivity contribution in [2.24, 2.45) is 10.9 Å². The second kappa shape index (κ2) is 10.6. The lowest BCUT2D eigenvalue weighted by Gasteiger charge is -2.35. The van der Waals surface area contributed by atoms with Crippen LogP contribution in [0.25, 0.3) is 0 Å². The third-order valence-corrected chi connectivity index (χ3v) is 6.16. The molecule has 7 nitrogen and oxygen atoms in total. The molecule has 2 heterocycles. The average molecular weight is 420 g/mol. The van der Waals surface area contributed by atoms with Crippen LogP contribution >= 0.6 is 0 Å². The van der Waals surface area contributed by atoms with E-state index >= 15 is 0 Å². The summed E-state index contributed by atoms with van der Waals surface area (Å²) in [6, 6.07) is 5.48. The van der Waals surface area contributed by atoms with Crippen molar-refractivity contribution in [3.63, 3.8) is 0 Å². The minimum absolute atomic E-state index is 0.0369. The number of aliphatic imine (C=N–C) groups is 1.